The molecule has 1 spiro atoms. The van der Waals surface area contributed by atoms with Crippen LogP contribution in [0.25, 0.3) is 0 Å². The van der Waals surface area contributed by atoms with Gasteiger partial charge < -0.3 is 15.0 Å². The van der Waals surface area contributed by atoms with Crippen LogP contribution >= 0.6 is 35.6 Å². The van der Waals surface area contributed by atoms with Crippen LogP contribution in [0.2, 0.25) is 10.0 Å². The monoisotopic (exact) mass is 605 g/mol. The van der Waals surface area contributed by atoms with E-state index in [-0.39, 0.29) is 30.2 Å². The maximum absolute atomic E-state index is 14.1. The van der Waals surface area contributed by atoms with Crippen LogP contribution in [0, 0.1) is 5.82 Å². The summed E-state index contributed by atoms with van der Waals surface area (Å²) >= 11 is 12.5. The van der Waals surface area contributed by atoms with Gasteiger partial charge in [-0.05, 0) is 61.3 Å². The molecule has 40 heavy (non-hydrogen) atoms. The summed E-state index contributed by atoms with van der Waals surface area (Å²) in [6.45, 7) is 3.89. The molecule has 3 aromatic carbocycles. The fraction of sp³-hybridized carbons (Fsp3) is 0.333. The van der Waals surface area contributed by atoms with Gasteiger partial charge in [-0.25, -0.2) is 9.18 Å². The van der Waals surface area contributed by atoms with Crippen LogP contribution in [0.1, 0.15) is 54.8 Å². The first kappa shape index (κ1) is 30.1. The number of fused-ring (bicyclic) bond motifs is 2. The molecule has 1 saturated heterocycles. The number of benzene rings is 3. The minimum atomic E-state index is -0.859. The van der Waals surface area contributed by atoms with E-state index in [9.17, 15) is 14.0 Å². The number of hydrogen-bond donors (Lipinski definition) is 2. The molecular weight excluding hydrogens is 576 g/mol. The summed E-state index contributed by atoms with van der Waals surface area (Å²) in [6, 6.07) is 19.3. The van der Waals surface area contributed by atoms with E-state index in [2.05, 4.69) is 15.5 Å². The van der Waals surface area contributed by atoms with E-state index < -0.39 is 17.6 Å². The zero-order valence-electron chi connectivity index (χ0n) is 22.0. The Labute approximate surface area is 249 Å². The second kappa shape index (κ2) is 12.8. The van der Waals surface area contributed by atoms with Crippen molar-refractivity contribution in [2.45, 2.75) is 43.7 Å². The number of anilines is 1. The Hall–Kier alpha value is -2.84. The number of amides is 2. The van der Waals surface area contributed by atoms with E-state index in [0.29, 0.717) is 60.2 Å². The van der Waals surface area contributed by atoms with E-state index >= 15 is 0 Å². The first-order valence-corrected chi connectivity index (χ1v) is 13.8. The molecule has 212 valence electrons. The summed E-state index contributed by atoms with van der Waals surface area (Å²) in [6.07, 6.45) is 1.11. The molecule has 0 aromatic heterocycles. The lowest BCUT2D eigenvalue weighted by atomic mass is 9.82. The fourth-order valence-electron chi connectivity index (χ4n) is 5.51. The van der Waals surface area contributed by atoms with Crippen molar-refractivity contribution in [2.24, 2.45) is 0 Å². The number of nitrogens with one attached hydrogen (secondary N) is 2. The molecule has 2 heterocycles. The lowest BCUT2D eigenvalue weighted by Gasteiger charge is -2.44. The predicted octanol–water partition coefficient (Wildman–Crippen LogP) is 7.46. The lowest BCUT2D eigenvalue weighted by molar-refractivity contribution is -0.123. The van der Waals surface area contributed by atoms with Crippen LogP contribution in [-0.4, -0.2) is 36.5 Å². The van der Waals surface area contributed by atoms with Gasteiger partial charge in [-0.2, -0.15) is 0 Å². The first-order chi connectivity index (χ1) is 18.7. The fourth-order valence-corrected chi connectivity index (χ4v) is 5.82. The number of halogens is 4. The minimum absolute atomic E-state index is 0. The van der Waals surface area contributed by atoms with Crippen LogP contribution in [0.4, 0.5) is 14.9 Å². The largest absolute Gasteiger partial charge is 0.438 e. The highest BCUT2D eigenvalue weighted by atomic mass is 35.5. The molecule has 2 aliphatic rings. The third-order valence-corrected chi connectivity index (χ3v) is 8.45. The zero-order chi connectivity index (χ0) is 27.6. The Morgan fingerprint density at radius 1 is 1.05 bits per heavy atom. The number of carbonyl (C=O) groups excluding carboxylic acids is 2. The van der Waals surface area contributed by atoms with Gasteiger partial charge in [-0.1, -0.05) is 59.6 Å². The number of nitrogens with zero attached hydrogens (tertiary/aromatic N) is 1. The summed E-state index contributed by atoms with van der Waals surface area (Å²) in [4.78, 5) is 28.0. The quantitative estimate of drug-likeness (QED) is 0.293. The molecule has 0 saturated carbocycles. The van der Waals surface area contributed by atoms with Gasteiger partial charge in [0.2, 0.25) is 5.91 Å². The topological polar surface area (TPSA) is 70.7 Å². The van der Waals surface area contributed by atoms with Crippen molar-refractivity contribution >= 4 is 53.3 Å². The Kier molecular flexibility index (Phi) is 9.62. The van der Waals surface area contributed by atoms with Crippen molar-refractivity contribution in [1.29, 1.82) is 0 Å². The number of hydrogen-bond acceptors (Lipinski definition) is 4. The molecule has 0 bridgehead atoms. The lowest BCUT2D eigenvalue weighted by Crippen LogP contribution is -2.48. The second-order valence-electron chi connectivity index (χ2n) is 10.2. The molecule has 0 aliphatic carbocycles. The van der Waals surface area contributed by atoms with Crippen molar-refractivity contribution in [3.63, 3.8) is 0 Å². The Bertz CT molecular complexity index is 1370. The van der Waals surface area contributed by atoms with Gasteiger partial charge in [0.1, 0.15) is 11.4 Å². The molecule has 2 amide bonds. The number of ether oxygens (including phenoxy) is 1. The zero-order valence-corrected chi connectivity index (χ0v) is 24.3. The molecule has 2 atom stereocenters. The summed E-state index contributed by atoms with van der Waals surface area (Å²) in [7, 11) is 0. The van der Waals surface area contributed by atoms with Crippen molar-refractivity contribution in [3.8, 4) is 0 Å². The summed E-state index contributed by atoms with van der Waals surface area (Å²) < 4.78 is 19.8. The van der Waals surface area contributed by atoms with Gasteiger partial charge in [-0.3, -0.25) is 10.1 Å². The Morgan fingerprint density at radius 2 is 1.77 bits per heavy atom. The predicted molar refractivity (Wildman–Crippen MR) is 158 cm³/mol. The molecular formula is C30H31Cl3FN3O3. The second-order valence-corrected chi connectivity index (χ2v) is 11.0. The third kappa shape index (κ3) is 6.55. The van der Waals surface area contributed by atoms with Gasteiger partial charge in [0, 0.05) is 31.5 Å². The number of rotatable bonds is 7. The van der Waals surface area contributed by atoms with Crippen LogP contribution in [0.15, 0.2) is 66.7 Å². The Balaban J connectivity index is 0.00000370. The van der Waals surface area contributed by atoms with E-state index in [4.69, 9.17) is 27.9 Å². The van der Waals surface area contributed by atoms with E-state index in [1.165, 1.54) is 12.1 Å². The Morgan fingerprint density at radius 3 is 2.48 bits per heavy atom. The van der Waals surface area contributed by atoms with E-state index in [1.54, 1.807) is 18.2 Å². The molecule has 1 fully saturated rings. The van der Waals surface area contributed by atoms with Gasteiger partial charge in [0.25, 0.3) is 0 Å². The summed E-state index contributed by atoms with van der Waals surface area (Å²) in [5.74, 6) is -0.890. The SMILES string of the molecule is C[C@H](NC(=O)[C@@H](CCN1CCC2(CC1)OC(=O)Nc1ccc(F)cc12)c1ccc(Cl)c(Cl)c1)c1ccccc1.Cl. The van der Waals surface area contributed by atoms with Crippen LogP contribution < -0.4 is 10.6 Å². The van der Waals surface area contributed by atoms with E-state index in [0.717, 1.165) is 11.1 Å². The summed E-state index contributed by atoms with van der Waals surface area (Å²) in [5, 5.41) is 6.66. The van der Waals surface area contributed by atoms with Gasteiger partial charge in [0.15, 0.2) is 0 Å². The molecule has 2 N–H and O–H groups in total. The third-order valence-electron chi connectivity index (χ3n) is 7.72. The molecule has 0 unspecified atom stereocenters. The number of carbonyl (C=O) groups is 2. The van der Waals surface area contributed by atoms with E-state index in [1.807, 2.05) is 43.3 Å². The van der Waals surface area contributed by atoms with Crippen molar-refractivity contribution < 1.29 is 18.7 Å². The maximum Gasteiger partial charge on any atom is 0.412 e. The number of likely N-dealkylation sites (tertiary alicyclic amines) is 1. The first-order valence-electron chi connectivity index (χ1n) is 13.1. The van der Waals surface area contributed by atoms with Crippen LogP contribution in [0.3, 0.4) is 0 Å². The normalized spacial score (nSPS) is 17.6. The van der Waals surface area contributed by atoms with Crippen molar-refractivity contribution in [3.05, 3.63) is 99.3 Å². The molecule has 3 aromatic rings. The van der Waals surface area contributed by atoms with Crippen molar-refractivity contribution in [1.82, 2.24) is 10.2 Å². The highest BCUT2D eigenvalue weighted by Crippen LogP contribution is 2.44. The summed E-state index contributed by atoms with van der Waals surface area (Å²) in [5.41, 5.74) is 2.22. The van der Waals surface area contributed by atoms with Gasteiger partial charge >= 0.3 is 6.09 Å². The molecule has 2 aliphatic heterocycles. The average Bonchev–Trinajstić information content (AvgIpc) is 2.92. The van der Waals surface area contributed by atoms with Crippen molar-refractivity contribution in [2.75, 3.05) is 25.0 Å². The highest BCUT2D eigenvalue weighted by Gasteiger charge is 2.44. The molecule has 10 heteroatoms. The standard InChI is InChI=1S/C30H30Cl2FN3O3.ClH/c1-19(20-5-3-2-4-6-20)34-28(37)23(21-7-9-25(31)26(32)17-21)11-14-36-15-12-30(13-16-36)24-18-22(33)8-10-27(24)35-29(38)39-30;/h2-10,17-19,23H,11-16H2,1H3,(H,34,37)(H,35,38);1H/t19-,23-;/m0./s1. The molecule has 0 radical (unpaired) electrons. The maximum atomic E-state index is 14.1. The van der Waals surface area contributed by atoms with Crippen LogP contribution in [-0.2, 0) is 15.1 Å². The highest BCUT2D eigenvalue weighted by molar-refractivity contribution is 6.42. The average molecular weight is 607 g/mol. The van der Waals surface area contributed by atoms with Gasteiger partial charge in [-0.15, -0.1) is 12.4 Å². The van der Waals surface area contributed by atoms with Gasteiger partial charge in [0.05, 0.1) is 27.7 Å². The smallest absolute Gasteiger partial charge is 0.412 e. The minimum Gasteiger partial charge on any atom is -0.438 e. The number of piperidine rings is 1. The molecule has 6 nitrogen and oxygen atoms in total. The van der Waals surface area contributed by atoms with Crippen LogP contribution in [0.5, 0.6) is 0 Å². The molecule has 5 rings (SSSR count).